The van der Waals surface area contributed by atoms with Gasteiger partial charge in [0.15, 0.2) is 0 Å². The van der Waals surface area contributed by atoms with Crippen molar-refractivity contribution in [1.82, 2.24) is 4.98 Å². The number of aliphatic hydroxyl groups is 1. The van der Waals surface area contributed by atoms with Gasteiger partial charge in [0.05, 0.1) is 41.9 Å². The van der Waals surface area contributed by atoms with Gasteiger partial charge in [0.2, 0.25) is 0 Å². The van der Waals surface area contributed by atoms with E-state index in [1.165, 1.54) is 0 Å². The van der Waals surface area contributed by atoms with Crippen LogP contribution in [0.15, 0.2) is 54.3 Å². The molecular weight excluding hydrogens is 364 g/mol. The van der Waals surface area contributed by atoms with Gasteiger partial charge in [0, 0.05) is 17.7 Å². The van der Waals surface area contributed by atoms with Crippen LogP contribution in [0.2, 0.25) is 0 Å². The molecule has 0 fully saturated rings. The lowest BCUT2D eigenvalue weighted by atomic mass is 9.97. The Labute approximate surface area is 170 Å². The summed E-state index contributed by atoms with van der Waals surface area (Å²) in [6.45, 7) is 2.65. The molecule has 6 heteroatoms. The van der Waals surface area contributed by atoms with Gasteiger partial charge in [-0.25, -0.2) is 0 Å². The summed E-state index contributed by atoms with van der Waals surface area (Å²) in [5, 5.41) is 31.1. The molecule has 1 aliphatic carbocycles. The topological polar surface area (TPSA) is 102 Å². The van der Waals surface area contributed by atoms with Crippen LogP contribution in [0, 0.1) is 35.5 Å². The molecule has 1 unspecified atom stereocenters. The van der Waals surface area contributed by atoms with E-state index >= 15 is 0 Å². The van der Waals surface area contributed by atoms with Crippen molar-refractivity contribution in [3.8, 4) is 17.9 Å². The summed E-state index contributed by atoms with van der Waals surface area (Å²) in [5.41, 5.74) is 4.32. The summed E-state index contributed by atoms with van der Waals surface area (Å²) >= 11 is 0. The first-order valence-corrected chi connectivity index (χ1v) is 9.38. The van der Waals surface area contributed by atoms with Crippen molar-refractivity contribution in [2.45, 2.75) is 26.6 Å². The number of hydrogen-bond acceptors (Lipinski definition) is 6. The second-order valence-corrected chi connectivity index (χ2v) is 6.83. The van der Waals surface area contributed by atoms with Crippen LogP contribution in [0.3, 0.4) is 0 Å². The van der Waals surface area contributed by atoms with Gasteiger partial charge in [-0.15, -0.1) is 0 Å². The molecule has 3 rings (SSSR count). The number of aryl methyl sites for hydroxylation is 1. The molecule has 0 aliphatic heterocycles. The first-order chi connectivity index (χ1) is 14.1. The molecule has 29 heavy (non-hydrogen) atoms. The van der Waals surface area contributed by atoms with Gasteiger partial charge in [-0.2, -0.15) is 10.5 Å². The van der Waals surface area contributed by atoms with E-state index in [1.807, 2.05) is 37.3 Å². The minimum Gasteiger partial charge on any atom is -0.487 e. The van der Waals surface area contributed by atoms with Crippen LogP contribution in [0.25, 0.3) is 0 Å². The molecule has 0 radical (unpaired) electrons. The molecule has 0 amide bonds. The zero-order chi connectivity index (χ0) is 20.6. The number of hydrogen-bond donors (Lipinski definition) is 2. The Hall–Kier alpha value is -3.61. The maximum atomic E-state index is 9.95. The zero-order valence-electron chi connectivity index (χ0n) is 16.2. The van der Waals surface area contributed by atoms with Gasteiger partial charge in [-0.1, -0.05) is 24.3 Å². The summed E-state index contributed by atoms with van der Waals surface area (Å²) in [6.07, 6.45) is 8.29. The number of anilines is 1. The van der Waals surface area contributed by atoms with E-state index in [0.29, 0.717) is 41.3 Å². The van der Waals surface area contributed by atoms with Gasteiger partial charge < -0.3 is 15.2 Å². The molecule has 1 aromatic heterocycles. The van der Waals surface area contributed by atoms with E-state index < -0.39 is 0 Å². The molecule has 1 atom stereocenters. The first-order valence-electron chi connectivity index (χ1n) is 9.38. The van der Waals surface area contributed by atoms with Gasteiger partial charge in [-0.05, 0) is 43.0 Å². The van der Waals surface area contributed by atoms with Crippen molar-refractivity contribution >= 4 is 5.69 Å². The molecule has 2 N–H and O–H groups in total. The molecule has 0 spiro atoms. The molecule has 1 heterocycles. The normalized spacial score (nSPS) is 15.2. The summed E-state index contributed by atoms with van der Waals surface area (Å²) in [5.74, 6) is 0.829. The SMILES string of the molecule is Cc1ncc(NCC2C=CC(C#N)=CC2)c(CO)c1OCc1ccc(C#N)cc1. The molecule has 0 bridgehead atoms. The fourth-order valence-electron chi connectivity index (χ4n) is 3.11. The molecule has 146 valence electrons. The van der Waals surface area contributed by atoms with E-state index in [9.17, 15) is 5.11 Å². The van der Waals surface area contributed by atoms with E-state index in [4.69, 9.17) is 15.3 Å². The minimum atomic E-state index is -0.173. The number of allylic oxidation sites excluding steroid dienone is 3. The predicted octanol–water partition coefficient (Wildman–Crippen LogP) is 3.77. The number of nitrogens with zero attached hydrogens (tertiary/aromatic N) is 3. The number of aromatic nitrogens is 1. The van der Waals surface area contributed by atoms with E-state index in [-0.39, 0.29) is 12.5 Å². The summed E-state index contributed by atoms with van der Waals surface area (Å²) < 4.78 is 5.97. The third-order valence-electron chi connectivity index (χ3n) is 4.81. The number of ether oxygens (including phenoxy) is 1. The van der Waals surface area contributed by atoms with E-state index in [0.717, 1.165) is 17.7 Å². The molecule has 0 saturated heterocycles. The van der Waals surface area contributed by atoms with Crippen LogP contribution < -0.4 is 10.1 Å². The third-order valence-corrected chi connectivity index (χ3v) is 4.81. The van der Waals surface area contributed by atoms with Crippen molar-refractivity contribution in [2.75, 3.05) is 11.9 Å². The second kappa shape index (κ2) is 9.54. The Bertz CT molecular complexity index is 1010. The Morgan fingerprint density at radius 1 is 1.24 bits per heavy atom. The number of pyridine rings is 1. The van der Waals surface area contributed by atoms with Crippen LogP contribution in [0.4, 0.5) is 5.69 Å². The lowest BCUT2D eigenvalue weighted by molar-refractivity contribution is 0.258. The van der Waals surface area contributed by atoms with Crippen molar-refractivity contribution < 1.29 is 9.84 Å². The molecular formula is C23H22N4O2. The smallest absolute Gasteiger partial charge is 0.148 e. The van der Waals surface area contributed by atoms with Gasteiger partial charge in [-0.3, -0.25) is 4.98 Å². The number of aliphatic hydroxyl groups excluding tert-OH is 1. The fourth-order valence-corrected chi connectivity index (χ4v) is 3.11. The average molecular weight is 386 g/mol. The Balaban J connectivity index is 1.69. The standard InChI is InChI=1S/C23H22N4O2/c1-16-23(29-15-20-8-4-18(11-25)5-9-20)21(14-28)22(13-26-16)27-12-19-6-2-17(10-24)3-7-19/h2-6,8-9,13,19,27-28H,7,12,14-15H2,1H3. The van der Waals surface area contributed by atoms with Crippen LogP contribution >= 0.6 is 0 Å². The second-order valence-electron chi connectivity index (χ2n) is 6.83. The third kappa shape index (κ3) is 5.01. The maximum Gasteiger partial charge on any atom is 0.148 e. The van der Waals surface area contributed by atoms with Crippen LogP contribution in [-0.4, -0.2) is 16.6 Å². The van der Waals surface area contributed by atoms with Crippen molar-refractivity contribution in [1.29, 1.82) is 10.5 Å². The molecule has 1 aliphatic rings. The van der Waals surface area contributed by atoms with Crippen LogP contribution in [-0.2, 0) is 13.2 Å². The number of rotatable bonds is 7. The summed E-state index contributed by atoms with van der Waals surface area (Å²) in [7, 11) is 0. The molecule has 6 nitrogen and oxygen atoms in total. The van der Waals surface area contributed by atoms with Crippen molar-refractivity contribution in [3.05, 3.63) is 76.6 Å². The van der Waals surface area contributed by atoms with Gasteiger partial charge in [0.1, 0.15) is 12.4 Å². The molecule has 1 aromatic carbocycles. The Kier molecular flexibility index (Phi) is 6.63. The molecule has 2 aromatic rings. The average Bonchev–Trinajstić information content (AvgIpc) is 2.77. The van der Waals surface area contributed by atoms with Gasteiger partial charge in [0.25, 0.3) is 0 Å². The van der Waals surface area contributed by atoms with Crippen LogP contribution in [0.5, 0.6) is 5.75 Å². The lowest BCUT2D eigenvalue weighted by Crippen LogP contribution is -2.15. The quantitative estimate of drug-likeness (QED) is 0.751. The maximum absolute atomic E-state index is 9.95. The van der Waals surface area contributed by atoms with E-state index in [2.05, 4.69) is 22.4 Å². The summed E-state index contributed by atoms with van der Waals surface area (Å²) in [6, 6.07) is 11.4. The zero-order valence-corrected chi connectivity index (χ0v) is 16.2. The Morgan fingerprint density at radius 3 is 2.66 bits per heavy atom. The highest BCUT2D eigenvalue weighted by molar-refractivity contribution is 5.57. The van der Waals surface area contributed by atoms with Gasteiger partial charge >= 0.3 is 0 Å². The molecule has 0 saturated carbocycles. The highest BCUT2D eigenvalue weighted by Crippen LogP contribution is 2.30. The van der Waals surface area contributed by atoms with Crippen molar-refractivity contribution in [2.24, 2.45) is 5.92 Å². The number of nitrogens with one attached hydrogen (secondary N) is 1. The highest BCUT2D eigenvalue weighted by atomic mass is 16.5. The first kappa shape index (κ1) is 20.1. The predicted molar refractivity (Wildman–Crippen MR) is 110 cm³/mol. The Morgan fingerprint density at radius 2 is 2.03 bits per heavy atom. The number of benzene rings is 1. The highest BCUT2D eigenvalue weighted by Gasteiger charge is 2.15. The lowest BCUT2D eigenvalue weighted by Gasteiger charge is -2.20. The fraction of sp³-hybridized carbons (Fsp3) is 0.261. The monoisotopic (exact) mass is 386 g/mol. The number of nitriles is 2. The van der Waals surface area contributed by atoms with Crippen LogP contribution in [0.1, 0.15) is 28.8 Å². The van der Waals surface area contributed by atoms with Crippen molar-refractivity contribution in [3.63, 3.8) is 0 Å². The van der Waals surface area contributed by atoms with E-state index in [1.54, 1.807) is 18.3 Å². The summed E-state index contributed by atoms with van der Waals surface area (Å²) in [4.78, 5) is 4.40. The largest absolute Gasteiger partial charge is 0.487 e. The minimum absolute atomic E-state index is 0.173.